The van der Waals surface area contributed by atoms with Crippen molar-refractivity contribution in [2.45, 2.75) is 52.5 Å². The van der Waals surface area contributed by atoms with Gasteiger partial charge in [-0.05, 0) is 59.3 Å². The third-order valence-electron chi connectivity index (χ3n) is 5.48. The lowest BCUT2D eigenvalue weighted by Gasteiger charge is -2.37. The number of nitrogens with zero attached hydrogens (tertiary/aromatic N) is 3. The van der Waals surface area contributed by atoms with Crippen LogP contribution in [0.25, 0.3) is 0 Å². The molecule has 22 heavy (non-hydrogen) atoms. The van der Waals surface area contributed by atoms with Gasteiger partial charge in [-0.1, -0.05) is 6.92 Å². The van der Waals surface area contributed by atoms with Crippen molar-refractivity contribution in [3.8, 4) is 0 Å². The van der Waals surface area contributed by atoms with Crippen LogP contribution in [0.5, 0.6) is 0 Å². The molecule has 2 aliphatic rings. The van der Waals surface area contributed by atoms with Crippen LogP contribution in [0.1, 0.15) is 46.5 Å². The van der Waals surface area contributed by atoms with Crippen molar-refractivity contribution in [3.05, 3.63) is 0 Å². The summed E-state index contributed by atoms with van der Waals surface area (Å²) in [6.45, 7) is 16.2. The second-order valence-electron chi connectivity index (χ2n) is 7.26. The summed E-state index contributed by atoms with van der Waals surface area (Å²) >= 11 is 0. The molecular weight excluding hydrogens is 274 g/mol. The van der Waals surface area contributed by atoms with E-state index in [9.17, 15) is 4.79 Å². The van der Waals surface area contributed by atoms with E-state index in [4.69, 9.17) is 0 Å². The average molecular weight is 309 g/mol. The lowest BCUT2D eigenvalue weighted by Crippen LogP contribution is -2.49. The standard InChI is InChI=1S/C18H35N3O/c1-4-18(22)17-6-10-19(11-7-17)8-5-9-20-12-14-21(15-13-20)16(2)3/h16-17H,4-15H2,1-3H3. The van der Waals surface area contributed by atoms with Gasteiger partial charge < -0.3 is 9.80 Å². The van der Waals surface area contributed by atoms with E-state index in [1.54, 1.807) is 0 Å². The van der Waals surface area contributed by atoms with E-state index in [1.165, 1.54) is 45.7 Å². The van der Waals surface area contributed by atoms with Gasteiger partial charge in [-0.15, -0.1) is 0 Å². The van der Waals surface area contributed by atoms with Crippen molar-refractivity contribution < 1.29 is 4.79 Å². The third kappa shape index (κ3) is 5.32. The number of carbonyl (C=O) groups is 1. The number of piperazine rings is 1. The van der Waals surface area contributed by atoms with Crippen LogP contribution in [0.4, 0.5) is 0 Å². The van der Waals surface area contributed by atoms with Gasteiger partial charge in [0.2, 0.25) is 0 Å². The largest absolute Gasteiger partial charge is 0.303 e. The Labute approximate surface area is 136 Å². The van der Waals surface area contributed by atoms with Gasteiger partial charge >= 0.3 is 0 Å². The predicted molar refractivity (Wildman–Crippen MR) is 92.2 cm³/mol. The molecule has 4 heteroatoms. The maximum Gasteiger partial charge on any atom is 0.135 e. The molecule has 0 saturated carbocycles. The first-order valence-electron chi connectivity index (χ1n) is 9.31. The van der Waals surface area contributed by atoms with E-state index in [0.717, 1.165) is 25.9 Å². The molecule has 0 aromatic rings. The molecule has 2 fully saturated rings. The molecule has 0 atom stereocenters. The minimum absolute atomic E-state index is 0.352. The Morgan fingerprint density at radius 1 is 0.955 bits per heavy atom. The smallest absolute Gasteiger partial charge is 0.135 e. The zero-order chi connectivity index (χ0) is 15.9. The maximum atomic E-state index is 11.7. The molecule has 2 saturated heterocycles. The summed E-state index contributed by atoms with van der Waals surface area (Å²) in [6.07, 6.45) is 4.15. The van der Waals surface area contributed by atoms with Crippen LogP contribution in [0, 0.1) is 5.92 Å². The molecular formula is C18H35N3O. The molecule has 0 aromatic carbocycles. The fourth-order valence-electron chi connectivity index (χ4n) is 3.79. The molecule has 0 bridgehead atoms. The first-order chi connectivity index (χ1) is 10.6. The first kappa shape index (κ1) is 17.9. The van der Waals surface area contributed by atoms with Gasteiger partial charge in [0.15, 0.2) is 0 Å². The lowest BCUT2D eigenvalue weighted by atomic mass is 9.91. The van der Waals surface area contributed by atoms with Gasteiger partial charge in [-0.2, -0.15) is 0 Å². The second kappa shape index (κ2) is 8.99. The van der Waals surface area contributed by atoms with Crippen molar-refractivity contribution in [3.63, 3.8) is 0 Å². The van der Waals surface area contributed by atoms with E-state index in [-0.39, 0.29) is 0 Å². The number of Topliss-reactive ketones (excluding diaryl/α,β-unsaturated/α-hetero) is 1. The Kier molecular flexibility index (Phi) is 7.32. The summed E-state index contributed by atoms with van der Waals surface area (Å²) in [7, 11) is 0. The number of rotatable bonds is 7. The fraction of sp³-hybridized carbons (Fsp3) is 0.944. The van der Waals surface area contributed by atoms with Crippen LogP contribution in [-0.2, 0) is 4.79 Å². The number of piperidine rings is 1. The second-order valence-corrected chi connectivity index (χ2v) is 7.26. The fourth-order valence-corrected chi connectivity index (χ4v) is 3.79. The number of hydrogen-bond donors (Lipinski definition) is 0. The molecule has 0 amide bonds. The molecule has 0 aliphatic carbocycles. The summed E-state index contributed by atoms with van der Waals surface area (Å²) in [4.78, 5) is 19.5. The highest BCUT2D eigenvalue weighted by atomic mass is 16.1. The number of hydrogen-bond acceptors (Lipinski definition) is 4. The summed E-state index contributed by atoms with van der Waals surface area (Å²) in [5, 5.41) is 0. The highest BCUT2D eigenvalue weighted by Gasteiger charge is 2.23. The van der Waals surface area contributed by atoms with Gasteiger partial charge in [0.25, 0.3) is 0 Å². The highest BCUT2D eigenvalue weighted by molar-refractivity contribution is 5.80. The summed E-state index contributed by atoms with van der Waals surface area (Å²) in [6, 6.07) is 0.689. The van der Waals surface area contributed by atoms with Crippen molar-refractivity contribution >= 4 is 5.78 Å². The van der Waals surface area contributed by atoms with Crippen LogP contribution in [0.3, 0.4) is 0 Å². The molecule has 0 radical (unpaired) electrons. The third-order valence-corrected chi connectivity index (χ3v) is 5.48. The zero-order valence-electron chi connectivity index (χ0n) is 14.9. The van der Waals surface area contributed by atoms with Crippen LogP contribution in [0.2, 0.25) is 0 Å². The van der Waals surface area contributed by atoms with Gasteiger partial charge in [0.1, 0.15) is 5.78 Å². The van der Waals surface area contributed by atoms with E-state index in [2.05, 4.69) is 28.5 Å². The average Bonchev–Trinajstić information content (AvgIpc) is 2.55. The van der Waals surface area contributed by atoms with Gasteiger partial charge in [0.05, 0.1) is 0 Å². The predicted octanol–water partition coefficient (Wildman–Crippen LogP) is 2.09. The number of ketones is 1. The van der Waals surface area contributed by atoms with Gasteiger partial charge in [-0.3, -0.25) is 9.69 Å². The number of carbonyl (C=O) groups excluding carboxylic acids is 1. The molecule has 4 nitrogen and oxygen atoms in total. The van der Waals surface area contributed by atoms with Crippen LogP contribution >= 0.6 is 0 Å². The monoisotopic (exact) mass is 309 g/mol. The molecule has 0 spiro atoms. The van der Waals surface area contributed by atoms with Crippen LogP contribution in [0.15, 0.2) is 0 Å². The molecule has 2 heterocycles. The zero-order valence-corrected chi connectivity index (χ0v) is 14.9. The maximum absolute atomic E-state index is 11.7. The van der Waals surface area contributed by atoms with E-state index in [0.29, 0.717) is 24.2 Å². The molecule has 0 N–H and O–H groups in total. The molecule has 0 unspecified atom stereocenters. The Hall–Kier alpha value is -0.450. The van der Waals surface area contributed by atoms with Crippen LogP contribution < -0.4 is 0 Å². The number of likely N-dealkylation sites (tertiary alicyclic amines) is 1. The SMILES string of the molecule is CCC(=O)C1CCN(CCCN2CCN(C(C)C)CC2)CC1. The highest BCUT2D eigenvalue weighted by Crippen LogP contribution is 2.19. The molecule has 2 aliphatic heterocycles. The Balaban J connectivity index is 1.56. The van der Waals surface area contributed by atoms with E-state index in [1.807, 2.05) is 6.92 Å². The summed E-state index contributed by atoms with van der Waals surface area (Å²) in [5.41, 5.74) is 0. The van der Waals surface area contributed by atoms with Gasteiger partial charge in [-0.25, -0.2) is 0 Å². The first-order valence-corrected chi connectivity index (χ1v) is 9.31. The topological polar surface area (TPSA) is 26.8 Å². The minimum Gasteiger partial charge on any atom is -0.303 e. The quantitative estimate of drug-likeness (QED) is 0.719. The molecule has 0 aromatic heterocycles. The van der Waals surface area contributed by atoms with E-state index >= 15 is 0 Å². The molecule has 2 rings (SSSR count). The Morgan fingerprint density at radius 2 is 1.50 bits per heavy atom. The summed E-state index contributed by atoms with van der Waals surface area (Å²) < 4.78 is 0. The van der Waals surface area contributed by atoms with Crippen molar-refractivity contribution in [2.24, 2.45) is 5.92 Å². The summed E-state index contributed by atoms with van der Waals surface area (Å²) in [5.74, 6) is 0.827. The Bertz CT molecular complexity index is 329. The Morgan fingerprint density at radius 3 is 2.00 bits per heavy atom. The normalized spacial score (nSPS) is 23.3. The van der Waals surface area contributed by atoms with Crippen molar-refractivity contribution in [2.75, 3.05) is 52.4 Å². The van der Waals surface area contributed by atoms with E-state index < -0.39 is 0 Å². The lowest BCUT2D eigenvalue weighted by molar-refractivity contribution is -0.123. The van der Waals surface area contributed by atoms with Crippen molar-refractivity contribution in [1.29, 1.82) is 0 Å². The van der Waals surface area contributed by atoms with Crippen LogP contribution in [-0.4, -0.2) is 78.9 Å². The van der Waals surface area contributed by atoms with Crippen molar-refractivity contribution in [1.82, 2.24) is 14.7 Å². The minimum atomic E-state index is 0.352. The van der Waals surface area contributed by atoms with Gasteiger partial charge in [0, 0.05) is 44.6 Å². The molecule has 128 valence electrons.